The zero-order chi connectivity index (χ0) is 19.8. The summed E-state index contributed by atoms with van der Waals surface area (Å²) in [6, 6.07) is 1.54. The molecule has 0 aliphatic heterocycles. The van der Waals surface area contributed by atoms with Crippen LogP contribution in [0.4, 0.5) is 19.0 Å². The predicted octanol–water partition coefficient (Wildman–Crippen LogP) is 4.61. The van der Waals surface area contributed by atoms with Crippen LogP contribution in [-0.2, 0) is 17.3 Å². The van der Waals surface area contributed by atoms with Crippen LogP contribution in [0, 0.1) is 0 Å². The van der Waals surface area contributed by atoms with Crippen molar-refractivity contribution in [2.24, 2.45) is 0 Å². The maximum atomic E-state index is 13.0. The van der Waals surface area contributed by atoms with E-state index >= 15 is 0 Å². The Bertz CT molecular complexity index is 825. The molecule has 2 rings (SSSR count). The summed E-state index contributed by atoms with van der Waals surface area (Å²) >= 11 is 12.2. The van der Waals surface area contributed by atoms with E-state index in [1.54, 1.807) is 25.9 Å². The van der Waals surface area contributed by atoms with E-state index in [1.807, 2.05) is 0 Å². The van der Waals surface area contributed by atoms with Crippen molar-refractivity contribution in [1.29, 1.82) is 0 Å². The number of carbonyl (C=O) groups excluding carboxylic acids is 1. The fourth-order valence-corrected chi connectivity index (χ4v) is 3.16. The lowest BCUT2D eigenvalue weighted by molar-refractivity contribution is -0.137. The van der Waals surface area contributed by atoms with Crippen molar-refractivity contribution in [3.8, 4) is 5.69 Å². The molecule has 0 saturated carbocycles. The molecule has 10 heteroatoms. The third-order valence-corrected chi connectivity index (χ3v) is 4.21. The van der Waals surface area contributed by atoms with Gasteiger partial charge >= 0.3 is 12.1 Å². The Morgan fingerprint density at radius 3 is 2.19 bits per heavy atom. The van der Waals surface area contributed by atoms with E-state index in [0.29, 0.717) is 17.9 Å². The third-order valence-electron chi connectivity index (χ3n) is 3.64. The summed E-state index contributed by atoms with van der Waals surface area (Å²) in [6.45, 7) is 1.79. The van der Waals surface area contributed by atoms with Crippen LogP contribution in [-0.4, -0.2) is 37.0 Å². The largest absolute Gasteiger partial charge is 0.465 e. The Morgan fingerprint density at radius 2 is 1.81 bits per heavy atom. The first kappa shape index (κ1) is 20.4. The summed E-state index contributed by atoms with van der Waals surface area (Å²) < 4.78 is 44.9. The smallest absolute Gasteiger partial charge is 0.416 e. The van der Waals surface area contributed by atoms with Gasteiger partial charge in [0, 0.05) is 14.1 Å². The van der Waals surface area contributed by atoms with E-state index in [0.717, 1.165) is 12.1 Å². The molecule has 0 bridgehead atoms. The Labute approximate surface area is 158 Å². The SMILES string of the molecule is CCc1nn(-c2c(Cl)cc(C(F)(F)F)cc2Cl)c(N(C)C)c1C(=O)OC. The number of nitrogens with zero attached hydrogens (tertiary/aromatic N) is 3. The second kappa shape index (κ2) is 7.36. The van der Waals surface area contributed by atoms with Crippen LogP contribution >= 0.6 is 23.2 Å². The number of rotatable bonds is 4. The molecule has 0 spiro atoms. The molecule has 142 valence electrons. The van der Waals surface area contributed by atoms with Crippen LogP contribution in [0.25, 0.3) is 5.69 Å². The molecule has 0 atom stereocenters. The summed E-state index contributed by atoms with van der Waals surface area (Å²) in [7, 11) is 4.55. The molecule has 1 heterocycles. The van der Waals surface area contributed by atoms with Crippen LogP contribution in [0.2, 0.25) is 10.0 Å². The van der Waals surface area contributed by atoms with E-state index in [9.17, 15) is 18.0 Å². The lowest BCUT2D eigenvalue weighted by Crippen LogP contribution is -2.18. The molecule has 0 aliphatic rings. The van der Waals surface area contributed by atoms with Crippen molar-refractivity contribution in [2.45, 2.75) is 19.5 Å². The van der Waals surface area contributed by atoms with Crippen molar-refractivity contribution in [3.05, 3.63) is 39.0 Å². The zero-order valence-electron chi connectivity index (χ0n) is 14.4. The van der Waals surface area contributed by atoms with Gasteiger partial charge in [-0.3, -0.25) is 0 Å². The normalized spacial score (nSPS) is 11.6. The zero-order valence-corrected chi connectivity index (χ0v) is 15.9. The van der Waals surface area contributed by atoms with E-state index in [1.165, 1.54) is 11.8 Å². The van der Waals surface area contributed by atoms with E-state index in [-0.39, 0.29) is 21.3 Å². The highest BCUT2D eigenvalue weighted by Gasteiger charge is 2.33. The molecule has 2 aromatic rings. The highest BCUT2D eigenvalue weighted by Crippen LogP contribution is 2.39. The number of benzene rings is 1. The monoisotopic (exact) mass is 409 g/mol. The molecule has 0 radical (unpaired) electrons. The highest BCUT2D eigenvalue weighted by atomic mass is 35.5. The second-order valence-corrected chi connectivity index (χ2v) is 6.40. The molecule has 5 nitrogen and oxygen atoms in total. The quantitative estimate of drug-likeness (QED) is 0.691. The molecule has 1 aromatic heterocycles. The minimum Gasteiger partial charge on any atom is -0.465 e. The number of alkyl halides is 3. The highest BCUT2D eigenvalue weighted by molar-refractivity contribution is 6.38. The third kappa shape index (κ3) is 3.61. The number of hydrogen-bond acceptors (Lipinski definition) is 4. The van der Waals surface area contributed by atoms with Gasteiger partial charge in [-0.15, -0.1) is 0 Å². The van der Waals surface area contributed by atoms with Crippen LogP contribution in [0.15, 0.2) is 12.1 Å². The second-order valence-electron chi connectivity index (χ2n) is 5.58. The molecule has 1 aromatic carbocycles. The number of esters is 1. The Balaban J connectivity index is 2.81. The fraction of sp³-hybridized carbons (Fsp3) is 0.375. The summed E-state index contributed by atoms with van der Waals surface area (Å²) in [5, 5.41) is 3.84. The topological polar surface area (TPSA) is 47.4 Å². The number of aromatic nitrogens is 2. The van der Waals surface area contributed by atoms with Crippen molar-refractivity contribution < 1.29 is 22.7 Å². The molecule has 0 N–H and O–H groups in total. The van der Waals surface area contributed by atoms with Crippen LogP contribution in [0.1, 0.15) is 28.5 Å². The van der Waals surface area contributed by atoms with Gasteiger partial charge < -0.3 is 9.64 Å². The lowest BCUT2D eigenvalue weighted by Gasteiger charge is -2.19. The van der Waals surface area contributed by atoms with Crippen molar-refractivity contribution in [3.63, 3.8) is 0 Å². The lowest BCUT2D eigenvalue weighted by atomic mass is 10.1. The number of anilines is 1. The minimum atomic E-state index is -4.59. The Morgan fingerprint density at radius 1 is 1.27 bits per heavy atom. The molecule has 0 amide bonds. The van der Waals surface area contributed by atoms with E-state index in [2.05, 4.69) is 5.10 Å². The van der Waals surface area contributed by atoms with Crippen LogP contribution in [0.5, 0.6) is 0 Å². The van der Waals surface area contributed by atoms with Crippen molar-refractivity contribution >= 4 is 35.0 Å². The molecule has 26 heavy (non-hydrogen) atoms. The number of aryl methyl sites for hydroxylation is 1. The maximum Gasteiger partial charge on any atom is 0.416 e. The van der Waals surface area contributed by atoms with Gasteiger partial charge in [-0.2, -0.15) is 18.3 Å². The number of halogens is 5. The van der Waals surface area contributed by atoms with Gasteiger partial charge in [0.25, 0.3) is 0 Å². The van der Waals surface area contributed by atoms with Crippen LogP contribution in [0.3, 0.4) is 0 Å². The molecule has 0 saturated heterocycles. The first-order valence-electron chi connectivity index (χ1n) is 7.47. The first-order chi connectivity index (χ1) is 12.0. The van der Waals surface area contributed by atoms with E-state index in [4.69, 9.17) is 27.9 Å². The number of carbonyl (C=O) groups is 1. The predicted molar refractivity (Wildman–Crippen MR) is 93.6 cm³/mol. The molecular formula is C16H16Cl2F3N3O2. The minimum absolute atomic E-state index is 0.0508. The summed E-state index contributed by atoms with van der Waals surface area (Å²) in [5.74, 6) is -0.312. The van der Waals surface area contributed by atoms with Gasteiger partial charge in [0.2, 0.25) is 0 Å². The molecule has 0 unspecified atom stereocenters. The molecule has 0 fully saturated rings. The maximum absolute atomic E-state index is 13.0. The average Bonchev–Trinajstić information content (AvgIpc) is 2.92. The average molecular weight is 410 g/mol. The Hall–Kier alpha value is -1.93. The summed E-state index contributed by atoms with van der Waals surface area (Å²) in [4.78, 5) is 13.8. The van der Waals surface area contributed by atoms with Gasteiger partial charge in [0.1, 0.15) is 17.1 Å². The summed E-state index contributed by atoms with van der Waals surface area (Å²) in [5.41, 5.74) is -0.312. The van der Waals surface area contributed by atoms with Gasteiger partial charge in [-0.1, -0.05) is 30.1 Å². The number of methoxy groups -OCH3 is 1. The summed E-state index contributed by atoms with van der Waals surface area (Å²) in [6.07, 6.45) is -4.19. The van der Waals surface area contributed by atoms with Crippen LogP contribution < -0.4 is 4.90 Å². The van der Waals surface area contributed by atoms with Crippen molar-refractivity contribution in [2.75, 3.05) is 26.1 Å². The number of hydrogen-bond donors (Lipinski definition) is 0. The standard InChI is InChI=1S/C16H16Cl2F3N3O2/c1-5-11-12(15(25)26-4)14(23(2)3)24(22-11)13-9(17)6-8(7-10(13)18)16(19,20)21/h6-7H,5H2,1-4H3. The van der Waals surface area contributed by atoms with Gasteiger partial charge in [0.05, 0.1) is 28.4 Å². The first-order valence-corrected chi connectivity index (χ1v) is 8.22. The molecular weight excluding hydrogens is 394 g/mol. The van der Waals surface area contributed by atoms with Gasteiger partial charge in [-0.05, 0) is 18.6 Å². The van der Waals surface area contributed by atoms with Crippen molar-refractivity contribution in [1.82, 2.24) is 9.78 Å². The Kier molecular flexibility index (Phi) is 5.77. The number of ether oxygens (including phenoxy) is 1. The van der Waals surface area contributed by atoms with E-state index < -0.39 is 17.7 Å². The fourth-order valence-electron chi connectivity index (χ4n) is 2.51. The molecule has 0 aliphatic carbocycles. The van der Waals surface area contributed by atoms with Gasteiger partial charge in [-0.25, -0.2) is 9.48 Å². The van der Waals surface area contributed by atoms with Gasteiger partial charge in [0.15, 0.2) is 0 Å².